The fraction of sp³-hybridized carbons (Fsp3) is 0.500. The second-order valence-corrected chi connectivity index (χ2v) is 4.91. The Labute approximate surface area is 132 Å². The van der Waals surface area contributed by atoms with Crippen LogP contribution in [0.4, 0.5) is 0 Å². The van der Waals surface area contributed by atoms with Crippen LogP contribution in [0, 0.1) is 0 Å². The topological polar surface area (TPSA) is 94.5 Å². The van der Waals surface area contributed by atoms with E-state index in [2.05, 4.69) is 0 Å². The maximum Gasteiger partial charge on any atom is 0.321 e. The predicted octanol–water partition coefficient (Wildman–Crippen LogP) is 0.303. The Balaban J connectivity index is 1.95. The summed E-state index contributed by atoms with van der Waals surface area (Å²) in [7, 11) is 1.54. The van der Waals surface area contributed by atoms with E-state index in [-0.39, 0.29) is 12.5 Å². The molecule has 22 heavy (non-hydrogen) atoms. The standard InChI is InChI=1S/C14H17ClO7/c1-19-8-2-4-9(5-3-8)21-14-13(18)12(17)10(7-20-14)22-11(16)6-15/h2-5,10,12-14,17-18H,6-7H2,1H3/t10-,12+,13-,14+/m1/s1. The lowest BCUT2D eigenvalue weighted by atomic mass is 10.1. The zero-order valence-corrected chi connectivity index (χ0v) is 12.6. The highest BCUT2D eigenvalue weighted by molar-refractivity contribution is 6.26. The number of rotatable bonds is 5. The van der Waals surface area contributed by atoms with Crippen LogP contribution >= 0.6 is 11.6 Å². The zero-order valence-electron chi connectivity index (χ0n) is 11.8. The van der Waals surface area contributed by atoms with Gasteiger partial charge in [0.1, 0.15) is 29.6 Å². The summed E-state index contributed by atoms with van der Waals surface area (Å²) in [5, 5.41) is 20.0. The molecule has 0 amide bonds. The smallest absolute Gasteiger partial charge is 0.321 e. The van der Waals surface area contributed by atoms with Gasteiger partial charge in [0, 0.05) is 0 Å². The molecule has 0 aliphatic carbocycles. The molecule has 0 unspecified atom stereocenters. The van der Waals surface area contributed by atoms with Crippen molar-refractivity contribution in [1.82, 2.24) is 0 Å². The molecule has 0 bridgehead atoms. The van der Waals surface area contributed by atoms with Gasteiger partial charge in [-0.05, 0) is 24.3 Å². The number of hydrogen-bond acceptors (Lipinski definition) is 7. The van der Waals surface area contributed by atoms with Crippen molar-refractivity contribution >= 4 is 17.6 Å². The van der Waals surface area contributed by atoms with Crippen molar-refractivity contribution in [2.45, 2.75) is 24.6 Å². The van der Waals surface area contributed by atoms with Crippen LogP contribution in [0.15, 0.2) is 24.3 Å². The fourth-order valence-corrected chi connectivity index (χ4v) is 2.03. The van der Waals surface area contributed by atoms with Gasteiger partial charge in [0.15, 0.2) is 6.10 Å². The first-order valence-corrected chi connectivity index (χ1v) is 7.12. The van der Waals surface area contributed by atoms with E-state index in [9.17, 15) is 15.0 Å². The Bertz CT molecular complexity index is 492. The molecule has 1 aliphatic rings. The fourth-order valence-electron chi connectivity index (χ4n) is 1.96. The van der Waals surface area contributed by atoms with Crippen molar-refractivity contribution in [2.75, 3.05) is 19.6 Å². The van der Waals surface area contributed by atoms with Gasteiger partial charge in [-0.15, -0.1) is 11.6 Å². The lowest BCUT2D eigenvalue weighted by molar-refractivity contribution is -0.247. The van der Waals surface area contributed by atoms with E-state index in [0.717, 1.165) is 0 Å². The van der Waals surface area contributed by atoms with E-state index >= 15 is 0 Å². The van der Waals surface area contributed by atoms with Crippen molar-refractivity contribution in [2.24, 2.45) is 0 Å². The number of benzene rings is 1. The number of methoxy groups -OCH3 is 1. The minimum absolute atomic E-state index is 0.109. The maximum atomic E-state index is 11.1. The quantitative estimate of drug-likeness (QED) is 0.591. The molecule has 2 N–H and O–H groups in total. The number of alkyl halides is 1. The second-order valence-electron chi connectivity index (χ2n) is 4.64. The van der Waals surface area contributed by atoms with Crippen LogP contribution in [0.5, 0.6) is 11.5 Å². The van der Waals surface area contributed by atoms with Crippen LogP contribution in [-0.4, -0.2) is 60.4 Å². The largest absolute Gasteiger partial charge is 0.497 e. The van der Waals surface area contributed by atoms with E-state index in [4.69, 9.17) is 30.5 Å². The molecule has 0 spiro atoms. The van der Waals surface area contributed by atoms with Crippen LogP contribution < -0.4 is 9.47 Å². The molecule has 0 saturated carbocycles. The average molecular weight is 333 g/mol. The van der Waals surface area contributed by atoms with Crippen LogP contribution in [0.1, 0.15) is 0 Å². The number of hydrogen-bond donors (Lipinski definition) is 2. The van der Waals surface area contributed by atoms with Gasteiger partial charge in [0.2, 0.25) is 6.29 Å². The van der Waals surface area contributed by atoms with E-state index in [1.165, 1.54) is 0 Å². The lowest BCUT2D eigenvalue weighted by Crippen LogP contribution is -2.56. The molecular formula is C14H17ClO7. The van der Waals surface area contributed by atoms with Crippen molar-refractivity contribution in [3.05, 3.63) is 24.3 Å². The molecule has 2 rings (SSSR count). The van der Waals surface area contributed by atoms with Gasteiger partial charge < -0.3 is 29.2 Å². The van der Waals surface area contributed by atoms with Crippen molar-refractivity contribution in [3.63, 3.8) is 0 Å². The normalized spacial score (nSPS) is 28.0. The Morgan fingerprint density at radius 3 is 2.50 bits per heavy atom. The van der Waals surface area contributed by atoms with Gasteiger partial charge in [0.25, 0.3) is 0 Å². The highest BCUT2D eigenvalue weighted by Gasteiger charge is 2.41. The summed E-state index contributed by atoms with van der Waals surface area (Å²) in [5.74, 6) is 0.0558. The maximum absolute atomic E-state index is 11.1. The highest BCUT2D eigenvalue weighted by atomic mass is 35.5. The Kier molecular flexibility index (Phi) is 5.84. The minimum Gasteiger partial charge on any atom is -0.497 e. The summed E-state index contributed by atoms with van der Waals surface area (Å²) < 4.78 is 20.7. The van der Waals surface area contributed by atoms with E-state index in [1.807, 2.05) is 0 Å². The SMILES string of the molecule is COc1ccc(O[C@@H]2OC[C@@H](OC(=O)CCl)[C@H](O)[C@H]2O)cc1. The number of halogens is 1. The predicted molar refractivity (Wildman–Crippen MR) is 76.0 cm³/mol. The molecule has 1 aromatic carbocycles. The third kappa shape index (κ3) is 4.01. The summed E-state index contributed by atoms with van der Waals surface area (Å²) in [6, 6.07) is 6.65. The summed E-state index contributed by atoms with van der Waals surface area (Å²) in [4.78, 5) is 11.1. The van der Waals surface area contributed by atoms with Gasteiger partial charge >= 0.3 is 5.97 Å². The molecular weight excluding hydrogens is 316 g/mol. The summed E-state index contributed by atoms with van der Waals surface area (Å²) in [6.45, 7) is -0.109. The summed E-state index contributed by atoms with van der Waals surface area (Å²) >= 11 is 5.32. The van der Waals surface area contributed by atoms with Crippen LogP contribution in [-0.2, 0) is 14.3 Å². The van der Waals surface area contributed by atoms with E-state index in [0.29, 0.717) is 11.5 Å². The lowest BCUT2D eigenvalue weighted by Gasteiger charge is -2.36. The highest BCUT2D eigenvalue weighted by Crippen LogP contribution is 2.23. The van der Waals surface area contributed by atoms with Gasteiger partial charge in [-0.25, -0.2) is 0 Å². The Morgan fingerprint density at radius 1 is 1.27 bits per heavy atom. The molecule has 1 saturated heterocycles. The molecule has 1 aromatic rings. The third-order valence-electron chi connectivity index (χ3n) is 3.14. The number of carbonyl (C=O) groups excluding carboxylic acids is 1. The number of ether oxygens (including phenoxy) is 4. The Hall–Kier alpha value is -1.54. The first-order chi connectivity index (χ1) is 10.5. The number of aliphatic hydroxyl groups is 2. The number of aliphatic hydroxyl groups excluding tert-OH is 2. The van der Waals surface area contributed by atoms with Crippen molar-refractivity contribution < 1.29 is 34.0 Å². The summed E-state index contributed by atoms with van der Waals surface area (Å²) in [6.07, 6.45) is -4.76. The molecule has 0 aromatic heterocycles. The Morgan fingerprint density at radius 2 is 1.91 bits per heavy atom. The zero-order chi connectivity index (χ0) is 16.1. The van der Waals surface area contributed by atoms with E-state index < -0.39 is 30.6 Å². The minimum atomic E-state index is -1.37. The molecule has 1 aliphatic heterocycles. The van der Waals surface area contributed by atoms with Crippen LogP contribution in [0.2, 0.25) is 0 Å². The number of esters is 1. The molecule has 4 atom stereocenters. The molecule has 0 radical (unpaired) electrons. The van der Waals surface area contributed by atoms with Gasteiger partial charge in [-0.3, -0.25) is 4.79 Å². The average Bonchev–Trinajstić information content (AvgIpc) is 2.55. The monoisotopic (exact) mass is 332 g/mol. The van der Waals surface area contributed by atoms with Gasteiger partial charge in [-0.2, -0.15) is 0 Å². The van der Waals surface area contributed by atoms with Crippen LogP contribution in [0.3, 0.4) is 0 Å². The van der Waals surface area contributed by atoms with Crippen molar-refractivity contribution in [1.29, 1.82) is 0 Å². The third-order valence-corrected chi connectivity index (χ3v) is 3.36. The molecule has 122 valence electrons. The number of carbonyl (C=O) groups is 1. The van der Waals surface area contributed by atoms with Gasteiger partial charge in [0.05, 0.1) is 13.7 Å². The first kappa shape index (κ1) is 16.8. The molecule has 7 nitrogen and oxygen atoms in total. The first-order valence-electron chi connectivity index (χ1n) is 6.59. The summed E-state index contributed by atoms with van der Waals surface area (Å²) in [5.41, 5.74) is 0. The van der Waals surface area contributed by atoms with Gasteiger partial charge in [-0.1, -0.05) is 0 Å². The molecule has 1 fully saturated rings. The molecule has 8 heteroatoms. The van der Waals surface area contributed by atoms with Crippen LogP contribution in [0.25, 0.3) is 0 Å². The second kappa shape index (κ2) is 7.64. The van der Waals surface area contributed by atoms with Crippen molar-refractivity contribution in [3.8, 4) is 11.5 Å². The molecule has 1 heterocycles. The van der Waals surface area contributed by atoms with E-state index in [1.54, 1.807) is 31.4 Å².